The molecular formula is C14H14BrNO5. The number of rotatable bonds is 3. The second kappa shape index (κ2) is 5.77. The first-order valence-electron chi connectivity index (χ1n) is 6.09. The number of cyclic esters (lactones) is 2. The number of methoxy groups -OCH3 is 1. The fourth-order valence-corrected chi connectivity index (χ4v) is 2.14. The van der Waals surface area contributed by atoms with E-state index < -0.39 is 17.7 Å². The van der Waals surface area contributed by atoms with Gasteiger partial charge in [-0.1, -0.05) is 0 Å². The van der Waals surface area contributed by atoms with Gasteiger partial charge in [-0.05, 0) is 34.1 Å². The summed E-state index contributed by atoms with van der Waals surface area (Å²) in [7, 11) is 1.56. The van der Waals surface area contributed by atoms with E-state index in [1.807, 2.05) is 0 Å². The summed E-state index contributed by atoms with van der Waals surface area (Å²) in [5.41, 5.74) is 0.464. The number of benzene rings is 1. The lowest BCUT2D eigenvalue weighted by molar-refractivity contribution is -0.222. The molecule has 1 saturated heterocycles. The van der Waals surface area contributed by atoms with Gasteiger partial charge in [-0.3, -0.25) is 0 Å². The zero-order valence-corrected chi connectivity index (χ0v) is 13.3. The molecule has 0 aliphatic carbocycles. The SMILES string of the molecule is COc1ccc(NC=C2C(=O)OC(C)(C)OC2=O)c(Br)c1. The highest BCUT2D eigenvalue weighted by atomic mass is 79.9. The van der Waals surface area contributed by atoms with Gasteiger partial charge in [0.05, 0.1) is 12.8 Å². The topological polar surface area (TPSA) is 73.9 Å². The highest BCUT2D eigenvalue weighted by Crippen LogP contribution is 2.28. The van der Waals surface area contributed by atoms with Gasteiger partial charge in [0.15, 0.2) is 5.57 Å². The van der Waals surface area contributed by atoms with Crippen molar-refractivity contribution in [2.75, 3.05) is 12.4 Å². The predicted octanol–water partition coefficient (Wildman–Crippen LogP) is 2.59. The van der Waals surface area contributed by atoms with E-state index >= 15 is 0 Å². The largest absolute Gasteiger partial charge is 0.497 e. The van der Waals surface area contributed by atoms with Crippen LogP contribution in [-0.2, 0) is 19.1 Å². The van der Waals surface area contributed by atoms with E-state index in [2.05, 4.69) is 21.2 Å². The smallest absolute Gasteiger partial charge is 0.350 e. The molecule has 0 unspecified atom stereocenters. The molecule has 1 heterocycles. The van der Waals surface area contributed by atoms with Crippen molar-refractivity contribution in [1.82, 2.24) is 0 Å². The average Bonchev–Trinajstić information content (AvgIpc) is 2.37. The predicted molar refractivity (Wildman–Crippen MR) is 78.7 cm³/mol. The molecule has 1 N–H and O–H groups in total. The molecule has 0 atom stereocenters. The van der Waals surface area contributed by atoms with Gasteiger partial charge in [-0.2, -0.15) is 0 Å². The summed E-state index contributed by atoms with van der Waals surface area (Å²) in [6.45, 7) is 2.99. The monoisotopic (exact) mass is 355 g/mol. The lowest BCUT2D eigenvalue weighted by Gasteiger charge is -2.29. The number of nitrogens with one attached hydrogen (secondary N) is 1. The molecule has 21 heavy (non-hydrogen) atoms. The van der Waals surface area contributed by atoms with E-state index in [-0.39, 0.29) is 5.57 Å². The van der Waals surface area contributed by atoms with Crippen LogP contribution in [0.25, 0.3) is 0 Å². The number of ether oxygens (including phenoxy) is 3. The third-order valence-electron chi connectivity index (χ3n) is 2.67. The van der Waals surface area contributed by atoms with Crippen LogP contribution < -0.4 is 10.1 Å². The maximum absolute atomic E-state index is 11.8. The minimum Gasteiger partial charge on any atom is -0.497 e. The Morgan fingerprint density at radius 2 is 1.86 bits per heavy atom. The molecular weight excluding hydrogens is 342 g/mol. The first kappa shape index (κ1) is 15.4. The molecule has 0 saturated carbocycles. The van der Waals surface area contributed by atoms with Crippen molar-refractivity contribution in [3.8, 4) is 5.75 Å². The van der Waals surface area contributed by atoms with Gasteiger partial charge in [0.2, 0.25) is 0 Å². The van der Waals surface area contributed by atoms with Gasteiger partial charge in [-0.25, -0.2) is 9.59 Å². The summed E-state index contributed by atoms with van der Waals surface area (Å²) < 4.78 is 15.8. The summed E-state index contributed by atoms with van der Waals surface area (Å²) in [5, 5.41) is 2.86. The van der Waals surface area contributed by atoms with Crippen LogP contribution in [-0.4, -0.2) is 24.8 Å². The lowest BCUT2D eigenvalue weighted by atomic mass is 10.2. The summed E-state index contributed by atoms with van der Waals surface area (Å²) in [6.07, 6.45) is 1.26. The van der Waals surface area contributed by atoms with Crippen LogP contribution in [0.4, 0.5) is 5.69 Å². The molecule has 0 aromatic heterocycles. The van der Waals surface area contributed by atoms with Crippen LogP contribution in [0, 0.1) is 0 Å². The fraction of sp³-hybridized carbons (Fsp3) is 0.286. The maximum Gasteiger partial charge on any atom is 0.350 e. The minimum atomic E-state index is -1.24. The molecule has 1 aromatic rings. The van der Waals surface area contributed by atoms with Gasteiger partial charge >= 0.3 is 11.9 Å². The Hall–Kier alpha value is -2.02. The van der Waals surface area contributed by atoms with Crippen molar-refractivity contribution in [2.24, 2.45) is 0 Å². The Balaban J connectivity index is 2.18. The highest BCUT2D eigenvalue weighted by molar-refractivity contribution is 9.10. The molecule has 0 bridgehead atoms. The molecule has 6 nitrogen and oxygen atoms in total. The zero-order chi connectivity index (χ0) is 15.6. The number of hydrogen-bond donors (Lipinski definition) is 1. The number of carbonyl (C=O) groups is 2. The van der Waals surface area contributed by atoms with E-state index in [1.165, 1.54) is 20.0 Å². The number of anilines is 1. The Morgan fingerprint density at radius 3 is 2.38 bits per heavy atom. The van der Waals surface area contributed by atoms with Crippen molar-refractivity contribution < 1.29 is 23.8 Å². The number of carbonyl (C=O) groups excluding carboxylic acids is 2. The van der Waals surface area contributed by atoms with Gasteiger partial charge < -0.3 is 19.5 Å². The summed E-state index contributed by atoms with van der Waals surface area (Å²) in [4.78, 5) is 23.5. The molecule has 1 aliphatic heterocycles. The van der Waals surface area contributed by atoms with Crippen LogP contribution in [0.5, 0.6) is 5.75 Å². The van der Waals surface area contributed by atoms with E-state index in [0.717, 1.165) is 4.47 Å². The van der Waals surface area contributed by atoms with Gasteiger partial charge in [0.25, 0.3) is 5.79 Å². The van der Waals surface area contributed by atoms with E-state index in [4.69, 9.17) is 14.2 Å². The van der Waals surface area contributed by atoms with Gasteiger partial charge in [0.1, 0.15) is 5.75 Å². The van der Waals surface area contributed by atoms with Crippen LogP contribution in [0.1, 0.15) is 13.8 Å². The van der Waals surface area contributed by atoms with E-state index in [9.17, 15) is 9.59 Å². The molecule has 112 valence electrons. The standard InChI is InChI=1S/C14H14BrNO5/c1-14(2)20-12(17)9(13(18)21-14)7-16-11-5-4-8(19-3)6-10(11)15/h4-7,16H,1-3H3. The highest BCUT2D eigenvalue weighted by Gasteiger charge is 2.38. The summed E-state index contributed by atoms with van der Waals surface area (Å²) >= 11 is 3.36. The van der Waals surface area contributed by atoms with E-state index in [0.29, 0.717) is 11.4 Å². The second-order valence-electron chi connectivity index (χ2n) is 4.73. The number of esters is 2. The van der Waals surface area contributed by atoms with Gasteiger partial charge in [0, 0.05) is 24.5 Å². The van der Waals surface area contributed by atoms with Crippen molar-refractivity contribution in [1.29, 1.82) is 0 Å². The molecule has 1 fully saturated rings. The third-order valence-corrected chi connectivity index (χ3v) is 3.32. The van der Waals surface area contributed by atoms with Crippen LogP contribution in [0.15, 0.2) is 34.4 Å². The molecule has 7 heteroatoms. The fourth-order valence-electron chi connectivity index (χ4n) is 1.67. The Labute approximate surface area is 130 Å². The first-order chi connectivity index (χ1) is 9.82. The Bertz CT molecular complexity index is 602. The van der Waals surface area contributed by atoms with Crippen molar-refractivity contribution in [3.63, 3.8) is 0 Å². The van der Waals surface area contributed by atoms with Gasteiger partial charge in [-0.15, -0.1) is 0 Å². The molecule has 2 rings (SSSR count). The summed E-state index contributed by atoms with van der Waals surface area (Å²) in [5.74, 6) is -2.02. The maximum atomic E-state index is 11.8. The number of halogens is 1. The average molecular weight is 356 g/mol. The van der Waals surface area contributed by atoms with Crippen LogP contribution >= 0.6 is 15.9 Å². The van der Waals surface area contributed by atoms with Crippen molar-refractivity contribution >= 4 is 33.6 Å². The quantitative estimate of drug-likeness (QED) is 0.510. The van der Waals surface area contributed by atoms with E-state index in [1.54, 1.807) is 25.3 Å². The zero-order valence-electron chi connectivity index (χ0n) is 11.7. The van der Waals surface area contributed by atoms with Crippen LogP contribution in [0.2, 0.25) is 0 Å². The second-order valence-corrected chi connectivity index (χ2v) is 5.58. The Morgan fingerprint density at radius 1 is 1.24 bits per heavy atom. The van der Waals surface area contributed by atoms with Crippen LogP contribution in [0.3, 0.4) is 0 Å². The van der Waals surface area contributed by atoms with Crippen molar-refractivity contribution in [2.45, 2.75) is 19.6 Å². The summed E-state index contributed by atoms with van der Waals surface area (Å²) in [6, 6.07) is 5.23. The number of hydrogen-bond acceptors (Lipinski definition) is 6. The third kappa shape index (κ3) is 3.55. The minimum absolute atomic E-state index is 0.197. The molecule has 1 aliphatic rings. The Kier molecular flexibility index (Phi) is 4.22. The molecule has 0 spiro atoms. The molecule has 1 aromatic carbocycles. The molecule has 0 amide bonds. The first-order valence-corrected chi connectivity index (χ1v) is 6.88. The van der Waals surface area contributed by atoms with Crippen molar-refractivity contribution in [3.05, 3.63) is 34.4 Å². The normalized spacial score (nSPS) is 16.9. The lowest BCUT2D eigenvalue weighted by Crippen LogP contribution is -2.42. The molecule has 0 radical (unpaired) electrons.